The van der Waals surface area contributed by atoms with Crippen LogP contribution in [0.4, 0.5) is 14.6 Å². The number of nitriles is 1. The van der Waals surface area contributed by atoms with Gasteiger partial charge in [0.15, 0.2) is 5.43 Å². The van der Waals surface area contributed by atoms with E-state index in [1.807, 2.05) is 4.90 Å². The summed E-state index contributed by atoms with van der Waals surface area (Å²) in [6, 6.07) is 11.6. The molecule has 1 aliphatic heterocycles. The van der Waals surface area contributed by atoms with Crippen molar-refractivity contribution < 1.29 is 13.5 Å². The van der Waals surface area contributed by atoms with Crippen molar-refractivity contribution in [1.82, 2.24) is 4.98 Å². The Hall–Kier alpha value is -3.41. The fraction of sp³-hybridized carbons (Fsp3) is 0.250. The first-order valence-electron chi connectivity index (χ1n) is 10.2. The fourth-order valence-corrected chi connectivity index (χ4v) is 3.93. The molecule has 0 spiro atoms. The summed E-state index contributed by atoms with van der Waals surface area (Å²) in [5.74, 6) is -0.488. The van der Waals surface area contributed by atoms with Crippen molar-refractivity contribution in [1.29, 1.82) is 5.26 Å². The van der Waals surface area contributed by atoms with Crippen LogP contribution in [0.25, 0.3) is 22.4 Å². The first-order chi connectivity index (χ1) is 15.4. The van der Waals surface area contributed by atoms with Gasteiger partial charge in [-0.25, -0.2) is 8.78 Å². The Bertz CT molecular complexity index is 1260. The molecule has 1 saturated heterocycles. The number of anilines is 1. The van der Waals surface area contributed by atoms with Gasteiger partial charge < -0.3 is 20.4 Å². The molecule has 6 nitrogen and oxygen atoms in total. The molecule has 2 aromatic carbocycles. The number of rotatable bonds is 4. The van der Waals surface area contributed by atoms with Gasteiger partial charge in [-0.2, -0.15) is 5.26 Å². The van der Waals surface area contributed by atoms with E-state index in [-0.39, 0.29) is 40.8 Å². The van der Waals surface area contributed by atoms with Crippen LogP contribution < -0.4 is 20.8 Å². The Morgan fingerprint density at radius 1 is 1.12 bits per heavy atom. The van der Waals surface area contributed by atoms with Crippen molar-refractivity contribution in [3.05, 3.63) is 69.9 Å². The SMILES string of the molecule is COc1ccc(-c2c(-c3ccc(C#N)c(F)c3)[nH]c(N3CCC(N)CC3)cc2=O)c(F)c1.Cl. The average Bonchev–Trinajstić information content (AvgIpc) is 2.79. The number of ether oxygens (including phenoxy) is 1. The molecule has 0 radical (unpaired) electrons. The molecule has 1 aliphatic rings. The molecule has 0 aliphatic carbocycles. The van der Waals surface area contributed by atoms with Crippen LogP contribution in [0.5, 0.6) is 5.75 Å². The number of nitrogens with two attached hydrogens (primary N) is 1. The molecule has 3 N–H and O–H groups in total. The van der Waals surface area contributed by atoms with Crippen molar-refractivity contribution in [2.45, 2.75) is 18.9 Å². The van der Waals surface area contributed by atoms with E-state index in [0.29, 0.717) is 30.2 Å². The third kappa shape index (κ3) is 4.85. The van der Waals surface area contributed by atoms with E-state index in [9.17, 15) is 13.6 Å². The Kier molecular flexibility index (Phi) is 7.36. The van der Waals surface area contributed by atoms with Gasteiger partial charge in [0.05, 0.1) is 23.9 Å². The summed E-state index contributed by atoms with van der Waals surface area (Å²) in [5, 5.41) is 9.05. The Balaban J connectivity index is 0.00000306. The lowest BCUT2D eigenvalue weighted by molar-refractivity contribution is 0.411. The Labute approximate surface area is 196 Å². The number of hydrogen-bond acceptors (Lipinski definition) is 5. The zero-order valence-electron chi connectivity index (χ0n) is 17.9. The van der Waals surface area contributed by atoms with E-state index >= 15 is 0 Å². The summed E-state index contributed by atoms with van der Waals surface area (Å²) in [4.78, 5) is 18.5. The van der Waals surface area contributed by atoms with Crippen LogP contribution in [0, 0.1) is 23.0 Å². The lowest BCUT2D eigenvalue weighted by atomic mass is 9.97. The summed E-state index contributed by atoms with van der Waals surface area (Å²) < 4.78 is 34.4. The maximum absolute atomic E-state index is 14.9. The highest BCUT2D eigenvalue weighted by Crippen LogP contribution is 2.33. The Morgan fingerprint density at radius 2 is 1.85 bits per heavy atom. The van der Waals surface area contributed by atoms with Crippen LogP contribution in [-0.4, -0.2) is 31.2 Å². The number of nitrogens with one attached hydrogen (secondary N) is 1. The fourth-order valence-electron chi connectivity index (χ4n) is 3.93. The highest BCUT2D eigenvalue weighted by Gasteiger charge is 2.22. The summed E-state index contributed by atoms with van der Waals surface area (Å²) in [7, 11) is 1.42. The number of nitrogens with zero attached hydrogens (tertiary/aromatic N) is 2. The third-order valence-corrected chi connectivity index (χ3v) is 5.72. The van der Waals surface area contributed by atoms with Crippen LogP contribution in [0.2, 0.25) is 0 Å². The van der Waals surface area contributed by atoms with Gasteiger partial charge in [-0.05, 0) is 37.1 Å². The summed E-state index contributed by atoms with van der Waals surface area (Å²) in [6.07, 6.45) is 1.55. The van der Waals surface area contributed by atoms with Gasteiger partial charge in [0, 0.05) is 42.4 Å². The monoisotopic (exact) mass is 472 g/mol. The topological polar surface area (TPSA) is 95.1 Å². The second-order valence-corrected chi connectivity index (χ2v) is 7.75. The van der Waals surface area contributed by atoms with Crippen LogP contribution in [-0.2, 0) is 0 Å². The number of methoxy groups -OCH3 is 1. The minimum atomic E-state index is -0.721. The molecule has 9 heteroatoms. The summed E-state index contributed by atoms with van der Waals surface area (Å²) in [6.45, 7) is 1.32. The normalized spacial score (nSPS) is 13.8. The van der Waals surface area contributed by atoms with Gasteiger partial charge in [-0.3, -0.25) is 4.79 Å². The first-order valence-corrected chi connectivity index (χ1v) is 10.2. The van der Waals surface area contributed by atoms with E-state index in [1.54, 1.807) is 12.1 Å². The van der Waals surface area contributed by atoms with Gasteiger partial charge in [-0.15, -0.1) is 12.4 Å². The quantitative estimate of drug-likeness (QED) is 0.593. The molecular weight excluding hydrogens is 450 g/mol. The molecule has 0 saturated carbocycles. The average molecular weight is 473 g/mol. The predicted octanol–water partition coefficient (Wildman–Crippen LogP) is 4.22. The molecule has 1 fully saturated rings. The van der Waals surface area contributed by atoms with Crippen LogP contribution in [0.1, 0.15) is 18.4 Å². The highest BCUT2D eigenvalue weighted by atomic mass is 35.5. The van der Waals surface area contributed by atoms with Gasteiger partial charge in [-0.1, -0.05) is 6.07 Å². The number of H-pyrrole nitrogens is 1. The van der Waals surface area contributed by atoms with E-state index in [1.165, 1.54) is 43.5 Å². The molecule has 1 aromatic heterocycles. The molecular formula is C24H23ClF2N4O2. The number of halogens is 3. The number of benzene rings is 2. The number of aromatic amines is 1. The van der Waals surface area contributed by atoms with Crippen molar-refractivity contribution >= 4 is 18.2 Å². The summed E-state index contributed by atoms with van der Waals surface area (Å²) in [5.41, 5.74) is 6.22. The maximum Gasteiger partial charge on any atom is 0.192 e. The molecule has 0 bridgehead atoms. The van der Waals surface area contributed by atoms with E-state index in [0.717, 1.165) is 12.8 Å². The largest absolute Gasteiger partial charge is 0.497 e. The van der Waals surface area contributed by atoms with Gasteiger partial charge in [0.1, 0.15) is 29.3 Å². The zero-order chi connectivity index (χ0) is 22.8. The second kappa shape index (κ2) is 10.0. The minimum absolute atomic E-state index is 0. The lowest BCUT2D eigenvalue weighted by Gasteiger charge is -2.32. The van der Waals surface area contributed by atoms with Gasteiger partial charge in [0.25, 0.3) is 0 Å². The standard InChI is InChI=1S/C24H22F2N4O2.ClH/c1-32-17-4-5-18(20(26)11-17)23-21(31)12-22(30-8-6-16(28)7-9-30)29-24(23)14-2-3-15(13-27)19(25)10-14;/h2-5,10-12,16H,6-9,28H2,1H3,(H,29,31);1H. The molecule has 2 heterocycles. The molecule has 0 unspecified atom stereocenters. The van der Waals surface area contributed by atoms with Crippen molar-refractivity contribution in [3.8, 4) is 34.2 Å². The molecule has 0 atom stereocenters. The van der Waals surface area contributed by atoms with Crippen molar-refractivity contribution in [2.24, 2.45) is 5.73 Å². The van der Waals surface area contributed by atoms with Crippen LogP contribution in [0.3, 0.4) is 0 Å². The number of hydrogen-bond donors (Lipinski definition) is 2. The first kappa shape index (κ1) is 24.2. The van der Waals surface area contributed by atoms with E-state index in [2.05, 4.69) is 4.98 Å². The number of aromatic nitrogens is 1. The molecule has 3 aromatic rings. The zero-order valence-corrected chi connectivity index (χ0v) is 18.7. The molecule has 4 rings (SSSR count). The van der Waals surface area contributed by atoms with Crippen LogP contribution >= 0.6 is 12.4 Å². The highest BCUT2D eigenvalue weighted by molar-refractivity contribution is 5.85. The van der Waals surface area contributed by atoms with Crippen molar-refractivity contribution in [2.75, 3.05) is 25.1 Å². The van der Waals surface area contributed by atoms with Gasteiger partial charge >= 0.3 is 0 Å². The van der Waals surface area contributed by atoms with Crippen LogP contribution in [0.15, 0.2) is 47.3 Å². The maximum atomic E-state index is 14.9. The second-order valence-electron chi connectivity index (χ2n) is 7.75. The van der Waals surface area contributed by atoms with Crippen molar-refractivity contribution in [3.63, 3.8) is 0 Å². The Morgan fingerprint density at radius 3 is 2.45 bits per heavy atom. The number of piperidine rings is 1. The molecule has 172 valence electrons. The summed E-state index contributed by atoms with van der Waals surface area (Å²) >= 11 is 0. The number of pyridine rings is 1. The predicted molar refractivity (Wildman–Crippen MR) is 126 cm³/mol. The smallest absolute Gasteiger partial charge is 0.192 e. The lowest BCUT2D eigenvalue weighted by Crippen LogP contribution is -2.40. The third-order valence-electron chi connectivity index (χ3n) is 5.72. The molecule has 33 heavy (non-hydrogen) atoms. The van der Waals surface area contributed by atoms with E-state index in [4.69, 9.17) is 15.7 Å². The van der Waals surface area contributed by atoms with E-state index < -0.39 is 17.1 Å². The molecule has 0 amide bonds. The minimum Gasteiger partial charge on any atom is -0.497 e. The van der Waals surface area contributed by atoms with Gasteiger partial charge in [0.2, 0.25) is 0 Å².